The van der Waals surface area contributed by atoms with Gasteiger partial charge in [0.25, 0.3) is 0 Å². The number of nitrogens with two attached hydrogens (primary N) is 1. The third-order valence-corrected chi connectivity index (χ3v) is 4.62. The van der Waals surface area contributed by atoms with Crippen LogP contribution in [0.2, 0.25) is 0 Å². The van der Waals surface area contributed by atoms with Crippen molar-refractivity contribution in [3.8, 4) is 0 Å². The highest BCUT2D eigenvalue weighted by atomic mass is 32.2. The van der Waals surface area contributed by atoms with Gasteiger partial charge >= 0.3 is 0 Å². The van der Waals surface area contributed by atoms with Gasteiger partial charge in [0.15, 0.2) is 0 Å². The van der Waals surface area contributed by atoms with Crippen molar-refractivity contribution in [1.82, 2.24) is 4.72 Å². The summed E-state index contributed by atoms with van der Waals surface area (Å²) in [6, 6.07) is 1.19. The minimum absolute atomic E-state index is 0.123. The van der Waals surface area contributed by atoms with Gasteiger partial charge in [-0.1, -0.05) is 13.8 Å². The monoisotopic (exact) mass is 304 g/mol. The molecule has 1 atom stereocenters. The highest BCUT2D eigenvalue weighted by Crippen LogP contribution is 2.20. The van der Waals surface area contributed by atoms with Gasteiger partial charge in [0.2, 0.25) is 10.0 Å². The first-order chi connectivity index (χ1) is 9.31. The van der Waals surface area contributed by atoms with E-state index in [9.17, 15) is 8.42 Å². The molecule has 1 unspecified atom stereocenters. The summed E-state index contributed by atoms with van der Waals surface area (Å²) in [6.07, 6.45) is 0. The number of hydrogen-bond donors (Lipinski definition) is 2. The van der Waals surface area contributed by atoms with Crippen molar-refractivity contribution in [2.75, 3.05) is 13.2 Å². The third kappa shape index (κ3) is 4.31. The topological polar surface area (TPSA) is 94.6 Å². The maximum atomic E-state index is 12.4. The average Bonchev–Trinajstić information content (AvgIpc) is 2.76. The molecule has 116 valence electrons. The van der Waals surface area contributed by atoms with Gasteiger partial charge in [-0.25, -0.2) is 13.1 Å². The van der Waals surface area contributed by atoms with E-state index in [0.717, 1.165) is 0 Å². The van der Waals surface area contributed by atoms with Crippen molar-refractivity contribution < 1.29 is 17.6 Å². The number of sulfonamides is 1. The molecule has 1 aromatic heterocycles. The molecule has 0 saturated carbocycles. The molecule has 0 aliphatic carbocycles. The Hall–Kier alpha value is -0.890. The van der Waals surface area contributed by atoms with Gasteiger partial charge in [0.1, 0.15) is 16.4 Å². The average molecular weight is 304 g/mol. The van der Waals surface area contributed by atoms with E-state index in [2.05, 4.69) is 4.72 Å². The van der Waals surface area contributed by atoms with Gasteiger partial charge in [0.05, 0.1) is 13.2 Å². The minimum Gasteiger partial charge on any atom is -0.464 e. The van der Waals surface area contributed by atoms with Crippen LogP contribution in [0.3, 0.4) is 0 Å². The molecule has 1 heterocycles. The van der Waals surface area contributed by atoms with E-state index >= 15 is 0 Å². The standard InChI is InChI=1S/C13H24N2O4S/c1-5-18-8-12(9(2)3)15-20(16,17)13-6-11(7-14)19-10(13)4/h6,9,12,15H,5,7-8,14H2,1-4H3. The van der Waals surface area contributed by atoms with Crippen LogP contribution in [0.15, 0.2) is 15.4 Å². The Balaban J connectivity index is 2.94. The van der Waals surface area contributed by atoms with E-state index < -0.39 is 10.0 Å². The molecule has 0 radical (unpaired) electrons. The molecule has 1 rings (SSSR count). The summed E-state index contributed by atoms with van der Waals surface area (Å²) < 4.78 is 38.1. The van der Waals surface area contributed by atoms with Crippen LogP contribution in [0.5, 0.6) is 0 Å². The first-order valence-electron chi connectivity index (χ1n) is 6.71. The van der Waals surface area contributed by atoms with Crippen LogP contribution in [0.1, 0.15) is 32.3 Å². The van der Waals surface area contributed by atoms with Gasteiger partial charge in [0, 0.05) is 18.7 Å². The van der Waals surface area contributed by atoms with E-state index in [1.54, 1.807) is 6.92 Å². The number of furan rings is 1. The molecule has 0 aliphatic rings. The molecule has 0 amide bonds. The zero-order chi connectivity index (χ0) is 15.3. The van der Waals surface area contributed by atoms with Crippen LogP contribution < -0.4 is 10.5 Å². The lowest BCUT2D eigenvalue weighted by Crippen LogP contribution is -2.41. The summed E-state index contributed by atoms with van der Waals surface area (Å²) in [5.74, 6) is 0.920. The number of rotatable bonds is 8. The van der Waals surface area contributed by atoms with Crippen molar-refractivity contribution in [2.45, 2.75) is 45.2 Å². The second kappa shape index (κ2) is 7.21. The maximum Gasteiger partial charge on any atom is 0.244 e. The summed E-state index contributed by atoms with van der Waals surface area (Å²) in [4.78, 5) is 0.139. The third-order valence-electron chi connectivity index (χ3n) is 3.03. The maximum absolute atomic E-state index is 12.4. The molecule has 20 heavy (non-hydrogen) atoms. The molecule has 0 aromatic carbocycles. The van der Waals surface area contributed by atoms with Gasteiger partial charge in [-0.15, -0.1) is 0 Å². The van der Waals surface area contributed by atoms with E-state index in [0.29, 0.717) is 24.7 Å². The summed E-state index contributed by atoms with van der Waals surface area (Å²) in [7, 11) is -3.63. The van der Waals surface area contributed by atoms with Gasteiger partial charge in [-0.05, 0) is 19.8 Å². The van der Waals surface area contributed by atoms with E-state index in [-0.39, 0.29) is 23.4 Å². The molecule has 0 saturated heterocycles. The molecule has 6 nitrogen and oxygen atoms in total. The SMILES string of the molecule is CCOCC(NS(=O)(=O)c1cc(CN)oc1C)C(C)C. The molecule has 0 fully saturated rings. The van der Waals surface area contributed by atoms with E-state index in [1.807, 2.05) is 20.8 Å². The second-order valence-electron chi connectivity index (χ2n) is 4.97. The Morgan fingerprint density at radius 3 is 2.55 bits per heavy atom. The van der Waals surface area contributed by atoms with Gasteiger partial charge < -0.3 is 14.9 Å². The first-order valence-corrected chi connectivity index (χ1v) is 8.19. The van der Waals surface area contributed by atoms with Crippen molar-refractivity contribution in [1.29, 1.82) is 0 Å². The van der Waals surface area contributed by atoms with Crippen LogP contribution in [-0.4, -0.2) is 27.7 Å². The number of ether oxygens (including phenoxy) is 1. The molecular formula is C13H24N2O4S. The van der Waals surface area contributed by atoms with Crippen LogP contribution >= 0.6 is 0 Å². The molecule has 0 aliphatic heterocycles. The van der Waals surface area contributed by atoms with Crippen molar-refractivity contribution in [2.24, 2.45) is 11.7 Å². The summed E-state index contributed by atoms with van der Waals surface area (Å²) in [5, 5.41) is 0. The molecule has 1 aromatic rings. The van der Waals surface area contributed by atoms with Gasteiger partial charge in [-0.3, -0.25) is 0 Å². The lowest BCUT2D eigenvalue weighted by atomic mass is 10.1. The molecule has 7 heteroatoms. The lowest BCUT2D eigenvalue weighted by Gasteiger charge is -2.21. The Bertz CT molecular complexity index is 522. The fraction of sp³-hybridized carbons (Fsp3) is 0.692. The summed E-state index contributed by atoms with van der Waals surface area (Å²) in [6.45, 7) is 8.43. The van der Waals surface area contributed by atoms with Crippen LogP contribution in [0, 0.1) is 12.8 Å². The van der Waals surface area contributed by atoms with Crippen molar-refractivity contribution in [3.63, 3.8) is 0 Å². The highest BCUT2D eigenvalue weighted by Gasteiger charge is 2.26. The number of nitrogens with one attached hydrogen (secondary N) is 1. The Labute approximate surface area is 120 Å². The quantitative estimate of drug-likeness (QED) is 0.756. The van der Waals surface area contributed by atoms with Gasteiger partial charge in [-0.2, -0.15) is 0 Å². The normalized spacial score (nSPS) is 13.9. The highest BCUT2D eigenvalue weighted by molar-refractivity contribution is 7.89. The fourth-order valence-electron chi connectivity index (χ4n) is 1.76. The zero-order valence-corrected chi connectivity index (χ0v) is 13.3. The summed E-state index contributed by atoms with van der Waals surface area (Å²) >= 11 is 0. The van der Waals surface area contributed by atoms with Crippen LogP contribution in [-0.2, 0) is 21.3 Å². The molecule has 0 bridgehead atoms. The van der Waals surface area contributed by atoms with E-state index in [4.69, 9.17) is 14.9 Å². The van der Waals surface area contributed by atoms with Crippen LogP contribution in [0.4, 0.5) is 0 Å². The predicted molar refractivity (Wildman–Crippen MR) is 76.8 cm³/mol. The summed E-state index contributed by atoms with van der Waals surface area (Å²) in [5.41, 5.74) is 5.46. The Kier molecular flexibility index (Phi) is 6.19. The van der Waals surface area contributed by atoms with E-state index in [1.165, 1.54) is 6.07 Å². The smallest absolute Gasteiger partial charge is 0.244 e. The lowest BCUT2D eigenvalue weighted by molar-refractivity contribution is 0.116. The Morgan fingerprint density at radius 1 is 1.45 bits per heavy atom. The zero-order valence-electron chi connectivity index (χ0n) is 12.5. The molecular weight excluding hydrogens is 280 g/mol. The first kappa shape index (κ1) is 17.2. The molecule has 0 spiro atoms. The largest absolute Gasteiger partial charge is 0.464 e. The number of aryl methyl sites for hydroxylation is 1. The fourth-order valence-corrected chi connectivity index (χ4v) is 3.33. The molecule has 3 N–H and O–H groups in total. The van der Waals surface area contributed by atoms with Crippen molar-refractivity contribution in [3.05, 3.63) is 17.6 Å². The second-order valence-corrected chi connectivity index (χ2v) is 6.65. The number of hydrogen-bond acceptors (Lipinski definition) is 5. The Morgan fingerprint density at radius 2 is 2.10 bits per heavy atom. The predicted octanol–water partition coefficient (Wildman–Crippen LogP) is 1.39. The van der Waals surface area contributed by atoms with Crippen molar-refractivity contribution >= 4 is 10.0 Å². The minimum atomic E-state index is -3.63. The van der Waals surface area contributed by atoms with Crippen LogP contribution in [0.25, 0.3) is 0 Å².